The summed E-state index contributed by atoms with van der Waals surface area (Å²) in [5.41, 5.74) is 1.64. The Morgan fingerprint density at radius 2 is 1.91 bits per heavy atom. The largest absolute Gasteiger partial charge is 0.468 e. The molecule has 0 fully saturated rings. The first-order valence-corrected chi connectivity index (χ1v) is 12.6. The molecule has 7 nitrogen and oxygen atoms in total. The first-order valence-electron chi connectivity index (χ1n) is 10.3. The number of thiazole rings is 1. The SMILES string of the molecule is CC(c1nc2ccccc2s1)N(C)C(=O)C=Cc1ccc(S(=O)(=O)NCc2ccco2)cc1. The van der Waals surface area contributed by atoms with Crippen LogP contribution >= 0.6 is 11.3 Å². The number of hydrogen-bond acceptors (Lipinski definition) is 6. The molecule has 1 N–H and O–H groups in total. The van der Waals surface area contributed by atoms with E-state index in [-0.39, 0.29) is 23.4 Å². The minimum atomic E-state index is -3.67. The molecular formula is C24H23N3O4S2. The maximum atomic E-state index is 12.7. The Labute approximate surface area is 196 Å². The number of fused-ring (bicyclic) bond motifs is 1. The number of para-hydroxylation sites is 1. The van der Waals surface area contributed by atoms with E-state index < -0.39 is 10.0 Å². The van der Waals surface area contributed by atoms with Gasteiger partial charge in [0.25, 0.3) is 0 Å². The lowest BCUT2D eigenvalue weighted by atomic mass is 10.2. The van der Waals surface area contributed by atoms with Crippen molar-refractivity contribution in [3.8, 4) is 0 Å². The molecule has 2 aromatic heterocycles. The number of rotatable bonds is 8. The van der Waals surface area contributed by atoms with E-state index in [4.69, 9.17) is 4.42 Å². The number of carbonyl (C=O) groups is 1. The van der Waals surface area contributed by atoms with Gasteiger partial charge in [-0.15, -0.1) is 11.3 Å². The van der Waals surface area contributed by atoms with Crippen molar-refractivity contribution in [3.05, 3.63) is 89.3 Å². The van der Waals surface area contributed by atoms with E-state index in [1.54, 1.807) is 53.6 Å². The van der Waals surface area contributed by atoms with Gasteiger partial charge in [-0.05, 0) is 55.0 Å². The zero-order valence-electron chi connectivity index (χ0n) is 18.1. The molecule has 0 saturated carbocycles. The molecule has 170 valence electrons. The maximum Gasteiger partial charge on any atom is 0.246 e. The second kappa shape index (κ2) is 9.70. The van der Waals surface area contributed by atoms with Crippen molar-refractivity contribution < 1.29 is 17.6 Å². The van der Waals surface area contributed by atoms with Gasteiger partial charge < -0.3 is 9.32 Å². The molecule has 9 heteroatoms. The molecule has 4 rings (SSSR count). The number of nitrogens with one attached hydrogen (secondary N) is 1. The van der Waals surface area contributed by atoms with Gasteiger partial charge in [0.1, 0.15) is 10.8 Å². The van der Waals surface area contributed by atoms with Crippen molar-refractivity contribution in [2.75, 3.05) is 7.05 Å². The Morgan fingerprint density at radius 1 is 1.15 bits per heavy atom. The lowest BCUT2D eigenvalue weighted by Gasteiger charge is -2.21. The standard InChI is InChI=1S/C24H23N3O4S2/c1-17(24-26-21-7-3-4-8-22(21)32-24)27(2)23(28)14-11-18-9-12-20(13-10-18)33(29,30)25-16-19-6-5-15-31-19/h3-15,17,25H,16H2,1-2H3. The van der Waals surface area contributed by atoms with Crippen LogP contribution in [0.1, 0.15) is 29.3 Å². The molecule has 0 saturated heterocycles. The van der Waals surface area contributed by atoms with Crippen LogP contribution in [0.4, 0.5) is 0 Å². The minimum Gasteiger partial charge on any atom is -0.468 e. The van der Waals surface area contributed by atoms with Gasteiger partial charge in [0.2, 0.25) is 15.9 Å². The third-order valence-corrected chi connectivity index (χ3v) is 7.85. The fourth-order valence-electron chi connectivity index (χ4n) is 3.13. The van der Waals surface area contributed by atoms with Crippen LogP contribution < -0.4 is 4.72 Å². The molecule has 33 heavy (non-hydrogen) atoms. The Bertz CT molecular complexity index is 1340. The average Bonchev–Trinajstić information content (AvgIpc) is 3.50. The van der Waals surface area contributed by atoms with Crippen molar-refractivity contribution in [2.24, 2.45) is 0 Å². The van der Waals surface area contributed by atoms with Crippen molar-refractivity contribution in [2.45, 2.75) is 24.4 Å². The monoisotopic (exact) mass is 481 g/mol. The molecule has 0 bridgehead atoms. The van der Waals surface area contributed by atoms with Crippen LogP contribution in [-0.4, -0.2) is 31.3 Å². The zero-order chi connectivity index (χ0) is 23.4. The number of likely N-dealkylation sites (N-methyl/N-ethyl adjacent to an activating group) is 1. The first-order chi connectivity index (χ1) is 15.8. The highest BCUT2D eigenvalue weighted by atomic mass is 32.2. The predicted molar refractivity (Wildman–Crippen MR) is 129 cm³/mol. The number of carbonyl (C=O) groups excluding carboxylic acids is 1. The zero-order valence-corrected chi connectivity index (χ0v) is 19.8. The molecule has 0 aliphatic rings. The van der Waals surface area contributed by atoms with E-state index in [1.165, 1.54) is 24.5 Å². The van der Waals surface area contributed by atoms with Crippen LogP contribution in [0.15, 0.2) is 82.3 Å². The Morgan fingerprint density at radius 3 is 2.61 bits per heavy atom. The van der Waals surface area contributed by atoms with Crippen molar-refractivity contribution >= 4 is 43.6 Å². The molecule has 1 atom stereocenters. The molecule has 2 heterocycles. The fourth-order valence-corrected chi connectivity index (χ4v) is 5.19. The van der Waals surface area contributed by atoms with Crippen LogP contribution in [0.2, 0.25) is 0 Å². The predicted octanol–water partition coefficient (Wildman–Crippen LogP) is 4.60. The highest BCUT2D eigenvalue weighted by molar-refractivity contribution is 7.89. The lowest BCUT2D eigenvalue weighted by Crippen LogP contribution is -2.27. The highest BCUT2D eigenvalue weighted by Gasteiger charge is 2.19. The van der Waals surface area contributed by atoms with Crippen LogP contribution in [-0.2, 0) is 21.4 Å². The molecule has 1 amide bonds. The highest BCUT2D eigenvalue weighted by Crippen LogP contribution is 2.29. The Hall–Kier alpha value is -3.27. The molecule has 0 radical (unpaired) electrons. The lowest BCUT2D eigenvalue weighted by molar-refractivity contribution is -0.126. The van der Waals surface area contributed by atoms with E-state index in [9.17, 15) is 13.2 Å². The number of amides is 1. The summed E-state index contributed by atoms with van der Waals surface area (Å²) in [6, 6.07) is 17.4. The number of benzene rings is 2. The Balaban J connectivity index is 1.39. The van der Waals surface area contributed by atoms with Crippen molar-refractivity contribution in [1.29, 1.82) is 0 Å². The summed E-state index contributed by atoms with van der Waals surface area (Å²) in [5.74, 6) is 0.361. The quantitative estimate of drug-likeness (QED) is 0.371. The van der Waals surface area contributed by atoms with Gasteiger partial charge in [0, 0.05) is 13.1 Å². The molecule has 4 aromatic rings. The van der Waals surface area contributed by atoms with Crippen LogP contribution in [0, 0.1) is 0 Å². The van der Waals surface area contributed by atoms with E-state index >= 15 is 0 Å². The summed E-state index contributed by atoms with van der Waals surface area (Å²) in [6.07, 6.45) is 4.63. The second-order valence-electron chi connectivity index (χ2n) is 7.45. The number of aromatic nitrogens is 1. The van der Waals surface area contributed by atoms with Gasteiger partial charge in [-0.1, -0.05) is 24.3 Å². The van der Waals surface area contributed by atoms with Crippen molar-refractivity contribution in [1.82, 2.24) is 14.6 Å². The Kier molecular flexibility index (Phi) is 6.73. The second-order valence-corrected chi connectivity index (χ2v) is 10.3. The van der Waals surface area contributed by atoms with Gasteiger partial charge >= 0.3 is 0 Å². The molecule has 0 spiro atoms. The summed E-state index contributed by atoms with van der Waals surface area (Å²) in [7, 11) is -1.93. The number of hydrogen-bond donors (Lipinski definition) is 1. The van der Waals surface area contributed by atoms with Gasteiger partial charge in [-0.25, -0.2) is 18.1 Å². The average molecular weight is 482 g/mol. The van der Waals surface area contributed by atoms with Gasteiger partial charge in [-0.2, -0.15) is 0 Å². The third kappa shape index (κ3) is 5.39. The van der Waals surface area contributed by atoms with E-state index in [0.717, 1.165) is 20.8 Å². The molecular weight excluding hydrogens is 458 g/mol. The van der Waals surface area contributed by atoms with Gasteiger partial charge in [0.05, 0.1) is 34.0 Å². The first kappa shape index (κ1) is 22.9. The molecule has 0 aliphatic heterocycles. The normalized spacial score (nSPS) is 12.9. The topological polar surface area (TPSA) is 92.5 Å². The summed E-state index contributed by atoms with van der Waals surface area (Å²) in [4.78, 5) is 19.1. The molecule has 0 aliphatic carbocycles. The van der Waals surface area contributed by atoms with E-state index in [2.05, 4.69) is 9.71 Å². The van der Waals surface area contributed by atoms with Crippen LogP contribution in [0.5, 0.6) is 0 Å². The summed E-state index contributed by atoms with van der Waals surface area (Å²) in [6.45, 7) is 2.02. The third-order valence-electron chi connectivity index (χ3n) is 5.22. The number of furan rings is 1. The van der Waals surface area contributed by atoms with Crippen molar-refractivity contribution in [3.63, 3.8) is 0 Å². The summed E-state index contributed by atoms with van der Waals surface area (Å²) in [5, 5.41) is 0.872. The summed E-state index contributed by atoms with van der Waals surface area (Å²) < 4.78 is 33.6. The van der Waals surface area contributed by atoms with Crippen LogP contribution in [0.3, 0.4) is 0 Å². The molecule has 2 aromatic carbocycles. The minimum absolute atomic E-state index is 0.0741. The van der Waals surface area contributed by atoms with Gasteiger partial charge in [0.15, 0.2) is 0 Å². The maximum absolute atomic E-state index is 12.7. The van der Waals surface area contributed by atoms with Gasteiger partial charge in [-0.3, -0.25) is 4.79 Å². The van der Waals surface area contributed by atoms with E-state index in [1.807, 2.05) is 31.2 Å². The molecule has 1 unspecified atom stereocenters. The number of nitrogens with zero attached hydrogens (tertiary/aromatic N) is 2. The van der Waals surface area contributed by atoms with Crippen LogP contribution in [0.25, 0.3) is 16.3 Å². The smallest absolute Gasteiger partial charge is 0.246 e. The summed E-state index contributed by atoms with van der Waals surface area (Å²) >= 11 is 1.57. The fraction of sp³-hybridized carbons (Fsp3) is 0.167. The number of sulfonamides is 1. The van der Waals surface area contributed by atoms with E-state index in [0.29, 0.717) is 5.76 Å².